The van der Waals surface area contributed by atoms with E-state index in [0.717, 1.165) is 71.6 Å². The number of benzene rings is 8. The Kier molecular flexibility index (Phi) is 7.97. The molecule has 0 bridgehead atoms. The second-order valence-electron chi connectivity index (χ2n) is 14.2. The number of nitrogens with zero attached hydrogens (tertiary/aromatic N) is 4. The first-order valence-electron chi connectivity index (χ1n) is 19.0. The highest BCUT2D eigenvalue weighted by atomic mass is 32.1. The molecule has 5 heteroatoms. The first kappa shape index (κ1) is 33.0. The van der Waals surface area contributed by atoms with Crippen LogP contribution in [0.25, 0.3) is 110 Å². The fourth-order valence-electron chi connectivity index (χ4n) is 7.93. The highest BCUT2D eigenvalue weighted by Gasteiger charge is 2.20. The number of hydrogen-bond donors (Lipinski definition) is 0. The van der Waals surface area contributed by atoms with Crippen LogP contribution in [0.2, 0.25) is 0 Å². The molecular formula is C52H32N4S. The zero-order chi connectivity index (χ0) is 37.7. The number of fused-ring (bicyclic) bond motifs is 6. The highest BCUT2D eigenvalue weighted by molar-refractivity contribution is 7.26. The van der Waals surface area contributed by atoms with E-state index in [9.17, 15) is 0 Å². The summed E-state index contributed by atoms with van der Waals surface area (Å²) in [7, 11) is 0. The molecule has 0 aliphatic carbocycles. The van der Waals surface area contributed by atoms with Crippen LogP contribution in [0.3, 0.4) is 0 Å². The SMILES string of the molecule is c1ccc(-c2cc(-c3cc(-c4nc(-c5ccccc5)c5sc6ccccc6c5n4)cc(-c4cc5ccccc5c5ccccc45)c3)nc(-c3ccccc3)n2)cc1. The van der Waals surface area contributed by atoms with Gasteiger partial charge in [0.1, 0.15) is 0 Å². The first-order chi connectivity index (χ1) is 28.2. The molecule has 0 atom stereocenters. The molecule has 0 radical (unpaired) electrons. The molecule has 57 heavy (non-hydrogen) atoms. The maximum absolute atomic E-state index is 5.42. The summed E-state index contributed by atoms with van der Waals surface area (Å²) >= 11 is 1.75. The molecule has 3 heterocycles. The average molecular weight is 745 g/mol. The molecule has 8 aromatic carbocycles. The van der Waals surface area contributed by atoms with Gasteiger partial charge in [-0.3, -0.25) is 0 Å². The van der Waals surface area contributed by atoms with Gasteiger partial charge in [-0.05, 0) is 69.1 Å². The molecule has 0 amide bonds. The van der Waals surface area contributed by atoms with E-state index >= 15 is 0 Å². The standard InChI is InChI=1S/C52H32N4S/c1-4-16-33(17-5-1)45-32-46(54-51(53-45)35-20-8-3-9-21-35)38-28-37(44-31-36-22-10-11-23-40(36)41-24-12-13-25-42(41)44)29-39(30-38)52-55-48(34-18-6-2-7-19-34)50-49(56-52)43-26-14-15-27-47(43)57-50/h1-32H. The number of thiophene rings is 1. The van der Waals surface area contributed by atoms with Crippen molar-refractivity contribution in [2.75, 3.05) is 0 Å². The normalized spacial score (nSPS) is 11.5. The van der Waals surface area contributed by atoms with E-state index in [1.165, 1.54) is 26.2 Å². The number of rotatable bonds is 6. The fourth-order valence-corrected chi connectivity index (χ4v) is 9.09. The molecular weight excluding hydrogens is 713 g/mol. The summed E-state index contributed by atoms with van der Waals surface area (Å²) in [5.74, 6) is 1.34. The summed E-state index contributed by atoms with van der Waals surface area (Å²) in [5.41, 5.74) is 10.7. The molecule has 0 fully saturated rings. The number of hydrogen-bond acceptors (Lipinski definition) is 5. The van der Waals surface area contributed by atoms with Crippen LogP contribution in [0.5, 0.6) is 0 Å². The van der Waals surface area contributed by atoms with E-state index in [4.69, 9.17) is 19.9 Å². The van der Waals surface area contributed by atoms with Gasteiger partial charge >= 0.3 is 0 Å². The molecule has 11 aromatic rings. The van der Waals surface area contributed by atoms with Crippen molar-refractivity contribution in [3.63, 3.8) is 0 Å². The summed E-state index contributed by atoms with van der Waals surface area (Å²) < 4.78 is 2.27. The quantitative estimate of drug-likeness (QED) is 0.159. The third kappa shape index (κ3) is 5.93. The van der Waals surface area contributed by atoms with Crippen molar-refractivity contribution in [2.45, 2.75) is 0 Å². The Labute approximate surface area is 333 Å². The molecule has 11 rings (SSSR count). The van der Waals surface area contributed by atoms with Gasteiger partial charge < -0.3 is 0 Å². The molecule has 0 aliphatic rings. The van der Waals surface area contributed by atoms with E-state index in [1.54, 1.807) is 11.3 Å². The Morgan fingerprint density at radius 1 is 0.333 bits per heavy atom. The second kappa shape index (κ2) is 13.7. The number of aromatic nitrogens is 4. The molecule has 0 unspecified atom stereocenters. The third-order valence-electron chi connectivity index (χ3n) is 10.7. The van der Waals surface area contributed by atoms with Gasteiger partial charge in [0, 0.05) is 37.9 Å². The Hall–Kier alpha value is -7.34. The van der Waals surface area contributed by atoms with Crippen LogP contribution in [0.1, 0.15) is 0 Å². The van der Waals surface area contributed by atoms with Crippen LogP contribution in [0.15, 0.2) is 194 Å². The van der Waals surface area contributed by atoms with Crippen molar-refractivity contribution in [3.05, 3.63) is 194 Å². The zero-order valence-corrected chi connectivity index (χ0v) is 31.5. The maximum atomic E-state index is 5.42. The zero-order valence-electron chi connectivity index (χ0n) is 30.7. The van der Waals surface area contributed by atoms with Crippen LogP contribution in [-0.2, 0) is 0 Å². The maximum Gasteiger partial charge on any atom is 0.160 e. The minimum absolute atomic E-state index is 0.665. The Bertz CT molecular complexity index is 3230. The van der Waals surface area contributed by atoms with Gasteiger partial charge in [0.05, 0.1) is 27.3 Å². The lowest BCUT2D eigenvalue weighted by Crippen LogP contribution is -1.98. The highest BCUT2D eigenvalue weighted by Crippen LogP contribution is 2.42. The van der Waals surface area contributed by atoms with Gasteiger partial charge in [-0.1, -0.05) is 158 Å². The lowest BCUT2D eigenvalue weighted by atomic mass is 9.91. The van der Waals surface area contributed by atoms with Crippen LogP contribution in [0.4, 0.5) is 0 Å². The summed E-state index contributed by atoms with van der Waals surface area (Å²) in [5, 5.41) is 5.94. The van der Waals surface area contributed by atoms with E-state index in [-0.39, 0.29) is 0 Å². The molecule has 0 N–H and O–H groups in total. The van der Waals surface area contributed by atoms with Crippen LogP contribution >= 0.6 is 11.3 Å². The molecule has 4 nitrogen and oxygen atoms in total. The van der Waals surface area contributed by atoms with Crippen molar-refractivity contribution in [3.8, 4) is 67.7 Å². The molecule has 0 aliphatic heterocycles. The Morgan fingerprint density at radius 3 is 1.63 bits per heavy atom. The van der Waals surface area contributed by atoms with Crippen molar-refractivity contribution < 1.29 is 0 Å². The molecule has 0 spiro atoms. The predicted octanol–water partition coefficient (Wildman–Crippen LogP) is 13.9. The average Bonchev–Trinajstić information content (AvgIpc) is 3.68. The molecule has 0 saturated heterocycles. The molecule has 266 valence electrons. The summed E-state index contributed by atoms with van der Waals surface area (Å²) in [6, 6.07) is 68.0. The third-order valence-corrected chi connectivity index (χ3v) is 11.8. The summed E-state index contributed by atoms with van der Waals surface area (Å²) in [6.07, 6.45) is 0. The van der Waals surface area contributed by atoms with Gasteiger partial charge in [-0.25, -0.2) is 19.9 Å². The first-order valence-corrected chi connectivity index (χ1v) is 19.9. The van der Waals surface area contributed by atoms with Crippen molar-refractivity contribution in [1.82, 2.24) is 19.9 Å². The van der Waals surface area contributed by atoms with E-state index in [0.29, 0.717) is 11.6 Å². The summed E-state index contributed by atoms with van der Waals surface area (Å²) in [4.78, 5) is 21.2. The van der Waals surface area contributed by atoms with Gasteiger partial charge in [-0.2, -0.15) is 0 Å². The van der Waals surface area contributed by atoms with Crippen LogP contribution in [0, 0.1) is 0 Å². The van der Waals surface area contributed by atoms with Gasteiger partial charge in [-0.15, -0.1) is 11.3 Å². The summed E-state index contributed by atoms with van der Waals surface area (Å²) in [6.45, 7) is 0. The topological polar surface area (TPSA) is 51.6 Å². The van der Waals surface area contributed by atoms with Crippen molar-refractivity contribution >= 4 is 53.2 Å². The van der Waals surface area contributed by atoms with Crippen LogP contribution in [-0.4, -0.2) is 19.9 Å². The van der Waals surface area contributed by atoms with Gasteiger partial charge in [0.2, 0.25) is 0 Å². The lowest BCUT2D eigenvalue weighted by molar-refractivity contribution is 1.18. The second-order valence-corrected chi connectivity index (χ2v) is 15.3. The Morgan fingerprint density at radius 2 is 0.877 bits per heavy atom. The van der Waals surface area contributed by atoms with Crippen LogP contribution < -0.4 is 0 Å². The van der Waals surface area contributed by atoms with E-state index < -0.39 is 0 Å². The molecule has 0 saturated carbocycles. The van der Waals surface area contributed by atoms with Crippen molar-refractivity contribution in [2.24, 2.45) is 0 Å². The monoisotopic (exact) mass is 744 g/mol. The smallest absolute Gasteiger partial charge is 0.160 e. The van der Waals surface area contributed by atoms with Crippen molar-refractivity contribution in [1.29, 1.82) is 0 Å². The fraction of sp³-hybridized carbons (Fsp3) is 0. The minimum atomic E-state index is 0.665. The predicted molar refractivity (Wildman–Crippen MR) is 238 cm³/mol. The van der Waals surface area contributed by atoms with E-state index in [1.807, 2.05) is 30.3 Å². The van der Waals surface area contributed by atoms with Gasteiger partial charge in [0.25, 0.3) is 0 Å². The Balaban J connectivity index is 1.22. The lowest BCUT2D eigenvalue weighted by Gasteiger charge is -2.15. The van der Waals surface area contributed by atoms with Gasteiger partial charge in [0.15, 0.2) is 11.6 Å². The molecule has 3 aromatic heterocycles. The largest absolute Gasteiger partial charge is 0.228 e. The van der Waals surface area contributed by atoms with E-state index in [2.05, 4.69) is 164 Å². The minimum Gasteiger partial charge on any atom is -0.228 e.